The molecule has 1 aliphatic rings. The molecule has 31 heavy (non-hydrogen) atoms. The minimum absolute atomic E-state index is 0.0645. The van der Waals surface area contributed by atoms with Crippen molar-refractivity contribution in [3.63, 3.8) is 0 Å². The van der Waals surface area contributed by atoms with Crippen molar-refractivity contribution in [2.45, 2.75) is 6.04 Å². The highest BCUT2D eigenvalue weighted by molar-refractivity contribution is 9.10. The van der Waals surface area contributed by atoms with Crippen molar-refractivity contribution in [3.8, 4) is 0 Å². The van der Waals surface area contributed by atoms with Gasteiger partial charge in [-0.1, -0.05) is 15.9 Å². The van der Waals surface area contributed by atoms with Crippen LogP contribution in [0.15, 0.2) is 28.9 Å². The first-order valence-electron chi connectivity index (χ1n) is 9.91. The molecule has 0 aliphatic carbocycles. The van der Waals surface area contributed by atoms with Crippen LogP contribution in [0.1, 0.15) is 11.6 Å². The minimum atomic E-state index is -0.858. The van der Waals surface area contributed by atoms with E-state index in [0.717, 1.165) is 27.3 Å². The summed E-state index contributed by atoms with van der Waals surface area (Å²) in [5, 5.41) is 10.8. The number of carbonyl (C=O) groups is 3. The molecule has 9 nitrogen and oxygen atoms in total. The van der Waals surface area contributed by atoms with Gasteiger partial charge in [-0.15, -0.1) is 0 Å². The molecule has 3 rings (SSSR count). The summed E-state index contributed by atoms with van der Waals surface area (Å²) in [6.07, 6.45) is 2.54. The lowest BCUT2D eigenvalue weighted by Crippen LogP contribution is -2.51. The lowest BCUT2D eigenvalue weighted by atomic mass is 10.0. The fourth-order valence-corrected chi connectivity index (χ4v) is 3.70. The number of hydrogen-bond donors (Lipinski definition) is 2. The molecule has 1 aromatic carbocycles. The van der Waals surface area contributed by atoms with Crippen LogP contribution in [0.4, 0.5) is 0 Å². The number of nitrogens with one attached hydrogen (secondary N) is 1. The highest BCUT2D eigenvalue weighted by Gasteiger charge is 2.32. The number of carbonyl (C=O) groups excluding carboxylic acids is 2. The Kier molecular flexibility index (Phi) is 9.02. The zero-order valence-electron chi connectivity index (χ0n) is 18.3. The second kappa shape index (κ2) is 11.3. The molecular formula is C21H30BrN5O4. The summed E-state index contributed by atoms with van der Waals surface area (Å²) in [5.41, 5.74) is 1.69. The largest absolute Gasteiger partial charge is 0.480 e. The van der Waals surface area contributed by atoms with E-state index in [1.165, 1.54) is 4.90 Å². The fourth-order valence-electron chi connectivity index (χ4n) is 3.34. The molecule has 1 saturated heterocycles. The number of fused-ring (bicyclic) bond motifs is 1. The van der Waals surface area contributed by atoms with Crippen molar-refractivity contribution >= 4 is 45.1 Å². The Morgan fingerprint density at radius 1 is 1.19 bits per heavy atom. The van der Waals surface area contributed by atoms with E-state index in [0.29, 0.717) is 32.7 Å². The molecule has 1 aliphatic heterocycles. The number of hydrogen-bond acceptors (Lipinski definition) is 5. The SMILES string of the molecule is CN(C)C(=O)CN1CCN(C(C(=O)O)c2c[nH]c3ccc(Br)cc23)CC1.CN(C)C=O. The maximum absolute atomic E-state index is 12.0. The summed E-state index contributed by atoms with van der Waals surface area (Å²) in [6.45, 7) is 2.94. The zero-order valence-corrected chi connectivity index (χ0v) is 19.9. The number of aromatic amines is 1. The van der Waals surface area contributed by atoms with Crippen LogP contribution in [-0.4, -0.2) is 109 Å². The first kappa shape index (κ1) is 24.8. The molecule has 2 heterocycles. The minimum Gasteiger partial charge on any atom is -0.480 e. The summed E-state index contributed by atoms with van der Waals surface area (Å²) < 4.78 is 0.919. The van der Waals surface area contributed by atoms with E-state index in [1.54, 1.807) is 39.3 Å². The second-order valence-corrected chi connectivity index (χ2v) is 8.76. The lowest BCUT2D eigenvalue weighted by Gasteiger charge is -2.37. The van der Waals surface area contributed by atoms with Crippen molar-refractivity contribution in [2.24, 2.45) is 0 Å². The molecule has 0 bridgehead atoms. The van der Waals surface area contributed by atoms with Gasteiger partial charge in [0.05, 0.1) is 6.54 Å². The van der Waals surface area contributed by atoms with E-state index in [1.807, 2.05) is 23.1 Å². The van der Waals surface area contributed by atoms with Crippen molar-refractivity contribution in [2.75, 3.05) is 60.9 Å². The average Bonchev–Trinajstić information content (AvgIpc) is 3.12. The Morgan fingerprint density at radius 3 is 2.32 bits per heavy atom. The Hall–Kier alpha value is -2.43. The molecule has 0 saturated carbocycles. The van der Waals surface area contributed by atoms with Gasteiger partial charge in [0.1, 0.15) is 6.04 Å². The highest BCUT2D eigenvalue weighted by Crippen LogP contribution is 2.31. The molecule has 2 aromatic rings. The van der Waals surface area contributed by atoms with Gasteiger partial charge in [-0.25, -0.2) is 0 Å². The monoisotopic (exact) mass is 495 g/mol. The van der Waals surface area contributed by atoms with Crippen LogP contribution in [0.25, 0.3) is 10.9 Å². The second-order valence-electron chi connectivity index (χ2n) is 7.84. The number of aromatic nitrogens is 1. The zero-order chi connectivity index (χ0) is 23.1. The Morgan fingerprint density at radius 2 is 1.81 bits per heavy atom. The Balaban J connectivity index is 0.000000614. The van der Waals surface area contributed by atoms with Gasteiger partial charge in [0.15, 0.2) is 0 Å². The van der Waals surface area contributed by atoms with Crippen LogP contribution >= 0.6 is 15.9 Å². The van der Waals surface area contributed by atoms with Gasteiger partial charge in [-0.05, 0) is 18.2 Å². The molecule has 10 heteroatoms. The quantitative estimate of drug-likeness (QED) is 0.588. The van der Waals surface area contributed by atoms with E-state index < -0.39 is 12.0 Å². The van der Waals surface area contributed by atoms with E-state index in [9.17, 15) is 19.5 Å². The Bertz CT molecular complexity index is 906. The first-order valence-corrected chi connectivity index (χ1v) is 10.7. The van der Waals surface area contributed by atoms with E-state index >= 15 is 0 Å². The number of benzene rings is 1. The maximum atomic E-state index is 12.0. The third kappa shape index (κ3) is 6.78. The predicted molar refractivity (Wildman–Crippen MR) is 123 cm³/mol. The van der Waals surface area contributed by atoms with Crippen LogP contribution in [-0.2, 0) is 14.4 Å². The molecule has 2 N–H and O–H groups in total. The van der Waals surface area contributed by atoms with Gasteiger partial charge in [-0.3, -0.25) is 24.2 Å². The van der Waals surface area contributed by atoms with Gasteiger partial charge >= 0.3 is 5.97 Å². The number of halogens is 1. The third-order valence-corrected chi connectivity index (χ3v) is 5.54. The van der Waals surface area contributed by atoms with Crippen molar-refractivity contribution in [1.29, 1.82) is 0 Å². The van der Waals surface area contributed by atoms with E-state index in [2.05, 4.69) is 25.8 Å². The highest BCUT2D eigenvalue weighted by atomic mass is 79.9. The number of aliphatic carboxylic acids is 1. The summed E-state index contributed by atoms with van der Waals surface area (Å²) in [5.74, 6) is -0.793. The molecule has 2 amide bonds. The number of likely N-dealkylation sites (N-methyl/N-ethyl adjacent to an activating group) is 1. The van der Waals surface area contributed by atoms with Crippen molar-refractivity contribution in [3.05, 3.63) is 34.4 Å². The molecule has 1 fully saturated rings. The number of carboxylic acids is 1. The predicted octanol–water partition coefficient (Wildman–Crippen LogP) is 1.47. The summed E-state index contributed by atoms with van der Waals surface area (Å²) in [6, 6.07) is 5.11. The van der Waals surface area contributed by atoms with Crippen LogP contribution < -0.4 is 0 Å². The molecule has 1 atom stereocenters. The first-order chi connectivity index (χ1) is 14.6. The molecule has 1 unspecified atom stereocenters. The Labute approximate surface area is 190 Å². The van der Waals surface area contributed by atoms with Crippen LogP contribution in [0, 0.1) is 0 Å². The fraction of sp³-hybridized carbons (Fsp3) is 0.476. The number of nitrogens with zero attached hydrogens (tertiary/aromatic N) is 4. The van der Waals surface area contributed by atoms with E-state index in [4.69, 9.17) is 0 Å². The summed E-state index contributed by atoms with van der Waals surface area (Å²) in [7, 11) is 6.86. The number of carboxylic acid groups (broad SMARTS) is 1. The van der Waals surface area contributed by atoms with Gasteiger partial charge in [-0.2, -0.15) is 0 Å². The molecule has 170 valence electrons. The van der Waals surface area contributed by atoms with E-state index in [-0.39, 0.29) is 5.91 Å². The summed E-state index contributed by atoms with van der Waals surface area (Å²) in [4.78, 5) is 43.6. The van der Waals surface area contributed by atoms with Crippen LogP contribution in [0.5, 0.6) is 0 Å². The lowest BCUT2D eigenvalue weighted by molar-refractivity contribution is -0.145. The maximum Gasteiger partial charge on any atom is 0.325 e. The van der Waals surface area contributed by atoms with Crippen LogP contribution in [0.3, 0.4) is 0 Å². The van der Waals surface area contributed by atoms with Gasteiger partial charge in [0.25, 0.3) is 0 Å². The summed E-state index contributed by atoms with van der Waals surface area (Å²) >= 11 is 3.46. The molecule has 0 spiro atoms. The van der Waals surface area contributed by atoms with Gasteiger partial charge in [0.2, 0.25) is 12.3 Å². The molecular weight excluding hydrogens is 466 g/mol. The smallest absolute Gasteiger partial charge is 0.325 e. The number of amides is 2. The normalized spacial score (nSPS) is 15.6. The van der Waals surface area contributed by atoms with Crippen molar-refractivity contribution in [1.82, 2.24) is 24.6 Å². The number of piperazine rings is 1. The van der Waals surface area contributed by atoms with Gasteiger partial charge < -0.3 is 19.9 Å². The standard InChI is InChI=1S/C18H23BrN4O3.C3H7NO/c1-21(2)16(24)11-22-5-7-23(8-6-22)17(18(25)26)14-10-20-15-4-3-12(19)9-13(14)15;1-4(2)3-5/h3-4,9-10,17,20H,5-8,11H2,1-2H3,(H,25,26);3H,1-2H3. The number of rotatable bonds is 6. The topological polar surface area (TPSA) is 100 Å². The average molecular weight is 496 g/mol. The molecule has 1 aromatic heterocycles. The van der Waals surface area contributed by atoms with Crippen molar-refractivity contribution < 1.29 is 19.5 Å². The van der Waals surface area contributed by atoms with Crippen LogP contribution in [0.2, 0.25) is 0 Å². The third-order valence-electron chi connectivity index (χ3n) is 5.04. The molecule has 0 radical (unpaired) electrons. The number of H-pyrrole nitrogens is 1. The van der Waals surface area contributed by atoms with Gasteiger partial charge in [0, 0.05) is 81.5 Å².